The summed E-state index contributed by atoms with van der Waals surface area (Å²) in [7, 11) is 1.56. The molecule has 0 aliphatic rings. The average molecular weight is 227 g/mol. The number of carbonyl (C=O) groups excluding carboxylic acids is 1. The Morgan fingerprint density at radius 1 is 1.18 bits per heavy atom. The molecule has 0 atom stereocenters. The summed E-state index contributed by atoms with van der Waals surface area (Å²) >= 11 is 0. The minimum Gasteiger partial charge on any atom is -0.496 e. The van der Waals surface area contributed by atoms with Crippen LogP contribution in [0.2, 0.25) is 0 Å². The Morgan fingerprint density at radius 2 is 1.88 bits per heavy atom. The lowest BCUT2D eigenvalue weighted by molar-refractivity contribution is 0.103. The van der Waals surface area contributed by atoms with E-state index in [9.17, 15) is 4.79 Å². The molecule has 1 aromatic carbocycles. The Bertz CT molecular complexity index is 535. The molecule has 0 saturated carbocycles. The van der Waals surface area contributed by atoms with Crippen molar-refractivity contribution in [3.63, 3.8) is 0 Å². The van der Waals surface area contributed by atoms with Crippen molar-refractivity contribution in [3.05, 3.63) is 59.4 Å². The molecule has 0 aliphatic carbocycles. The van der Waals surface area contributed by atoms with Crippen LogP contribution >= 0.6 is 0 Å². The summed E-state index contributed by atoms with van der Waals surface area (Å²) in [6.45, 7) is 1.95. The lowest BCUT2D eigenvalue weighted by atomic mass is 10.0. The van der Waals surface area contributed by atoms with E-state index < -0.39 is 0 Å². The van der Waals surface area contributed by atoms with Crippen molar-refractivity contribution in [1.29, 1.82) is 0 Å². The molecule has 0 spiro atoms. The van der Waals surface area contributed by atoms with Crippen LogP contribution in [-0.4, -0.2) is 17.9 Å². The van der Waals surface area contributed by atoms with E-state index in [4.69, 9.17) is 4.74 Å². The molecule has 0 bridgehead atoms. The van der Waals surface area contributed by atoms with E-state index in [2.05, 4.69) is 4.98 Å². The van der Waals surface area contributed by atoms with Crippen LogP contribution in [0.5, 0.6) is 5.75 Å². The first-order chi connectivity index (χ1) is 8.22. The number of pyridine rings is 1. The Labute approximate surface area is 100 Å². The maximum Gasteiger partial charge on any atom is 0.196 e. The van der Waals surface area contributed by atoms with Crippen LogP contribution in [0.25, 0.3) is 0 Å². The lowest BCUT2D eigenvalue weighted by Crippen LogP contribution is -2.04. The van der Waals surface area contributed by atoms with Crippen LogP contribution in [0.3, 0.4) is 0 Å². The van der Waals surface area contributed by atoms with Crippen LogP contribution in [0.1, 0.15) is 21.5 Å². The van der Waals surface area contributed by atoms with Crippen molar-refractivity contribution < 1.29 is 9.53 Å². The van der Waals surface area contributed by atoms with E-state index in [1.165, 1.54) is 0 Å². The second-order valence-electron chi connectivity index (χ2n) is 3.77. The number of carbonyl (C=O) groups is 1. The molecule has 0 fully saturated rings. The van der Waals surface area contributed by atoms with Crippen molar-refractivity contribution in [1.82, 2.24) is 4.98 Å². The Hall–Kier alpha value is -2.16. The van der Waals surface area contributed by atoms with E-state index >= 15 is 0 Å². The molecule has 0 unspecified atom stereocenters. The Kier molecular flexibility index (Phi) is 3.19. The van der Waals surface area contributed by atoms with E-state index in [-0.39, 0.29) is 5.78 Å². The largest absolute Gasteiger partial charge is 0.496 e. The van der Waals surface area contributed by atoms with E-state index in [1.54, 1.807) is 31.6 Å². The van der Waals surface area contributed by atoms with Gasteiger partial charge in [-0.2, -0.15) is 0 Å². The van der Waals surface area contributed by atoms with Gasteiger partial charge in [0.1, 0.15) is 5.75 Å². The van der Waals surface area contributed by atoms with Gasteiger partial charge in [-0.05, 0) is 31.2 Å². The highest BCUT2D eigenvalue weighted by atomic mass is 16.5. The van der Waals surface area contributed by atoms with Gasteiger partial charge in [0.25, 0.3) is 0 Å². The van der Waals surface area contributed by atoms with Gasteiger partial charge in [0, 0.05) is 18.0 Å². The first-order valence-corrected chi connectivity index (χ1v) is 5.31. The number of rotatable bonds is 3. The van der Waals surface area contributed by atoms with Crippen molar-refractivity contribution in [3.8, 4) is 5.75 Å². The van der Waals surface area contributed by atoms with Crippen LogP contribution in [0, 0.1) is 6.92 Å². The zero-order valence-corrected chi connectivity index (χ0v) is 9.81. The average Bonchev–Trinajstić information content (AvgIpc) is 2.39. The predicted octanol–water partition coefficient (Wildman–Crippen LogP) is 2.63. The molecule has 3 heteroatoms. The molecule has 0 saturated heterocycles. The fourth-order valence-corrected chi connectivity index (χ4v) is 1.66. The summed E-state index contributed by atoms with van der Waals surface area (Å²) in [6, 6.07) is 8.96. The Morgan fingerprint density at radius 3 is 2.53 bits per heavy atom. The fourth-order valence-electron chi connectivity index (χ4n) is 1.66. The first kappa shape index (κ1) is 11.3. The second kappa shape index (κ2) is 4.78. The van der Waals surface area contributed by atoms with Crippen LogP contribution in [0.15, 0.2) is 42.7 Å². The molecule has 17 heavy (non-hydrogen) atoms. The third kappa shape index (κ3) is 2.33. The summed E-state index contributed by atoms with van der Waals surface area (Å²) in [5.74, 6) is 0.547. The van der Waals surface area contributed by atoms with E-state index in [1.807, 2.05) is 25.1 Å². The van der Waals surface area contributed by atoms with Crippen LogP contribution in [-0.2, 0) is 0 Å². The molecule has 86 valence electrons. The van der Waals surface area contributed by atoms with Gasteiger partial charge in [-0.3, -0.25) is 9.78 Å². The highest BCUT2D eigenvalue weighted by molar-refractivity contribution is 6.10. The number of benzene rings is 1. The number of aryl methyl sites for hydroxylation is 1. The summed E-state index contributed by atoms with van der Waals surface area (Å²) < 4.78 is 5.21. The van der Waals surface area contributed by atoms with Crippen LogP contribution in [0.4, 0.5) is 0 Å². The number of hydrogen-bond acceptors (Lipinski definition) is 3. The van der Waals surface area contributed by atoms with Crippen molar-refractivity contribution in [2.75, 3.05) is 7.11 Å². The maximum absolute atomic E-state index is 12.3. The highest BCUT2D eigenvalue weighted by Gasteiger charge is 2.14. The summed E-state index contributed by atoms with van der Waals surface area (Å²) in [6.07, 6.45) is 3.21. The quantitative estimate of drug-likeness (QED) is 0.757. The topological polar surface area (TPSA) is 39.2 Å². The number of methoxy groups -OCH3 is 1. The smallest absolute Gasteiger partial charge is 0.196 e. The molecular formula is C14H13NO2. The Balaban J connectivity index is 2.47. The zero-order valence-electron chi connectivity index (χ0n) is 9.81. The minimum atomic E-state index is -0.0482. The van der Waals surface area contributed by atoms with Gasteiger partial charge >= 0.3 is 0 Å². The number of hydrogen-bond donors (Lipinski definition) is 0. The molecule has 0 N–H and O–H groups in total. The van der Waals surface area contributed by atoms with Crippen molar-refractivity contribution in [2.45, 2.75) is 6.92 Å². The minimum absolute atomic E-state index is 0.0482. The van der Waals surface area contributed by atoms with Gasteiger partial charge in [-0.15, -0.1) is 0 Å². The van der Waals surface area contributed by atoms with E-state index in [0.29, 0.717) is 16.9 Å². The molecular weight excluding hydrogens is 214 g/mol. The molecule has 3 nitrogen and oxygen atoms in total. The normalized spacial score (nSPS) is 10.0. The molecule has 0 aliphatic heterocycles. The molecule has 0 radical (unpaired) electrons. The summed E-state index contributed by atoms with van der Waals surface area (Å²) in [4.78, 5) is 16.2. The van der Waals surface area contributed by atoms with Crippen LogP contribution < -0.4 is 4.74 Å². The van der Waals surface area contributed by atoms with Gasteiger partial charge in [-0.1, -0.05) is 11.6 Å². The molecule has 1 aromatic heterocycles. The molecule has 2 aromatic rings. The second-order valence-corrected chi connectivity index (χ2v) is 3.77. The fraction of sp³-hybridized carbons (Fsp3) is 0.143. The predicted molar refractivity (Wildman–Crippen MR) is 65.4 cm³/mol. The number of nitrogens with zero attached hydrogens (tertiary/aromatic N) is 1. The maximum atomic E-state index is 12.3. The van der Waals surface area contributed by atoms with Crippen molar-refractivity contribution >= 4 is 5.78 Å². The standard InChI is InChI=1S/C14H13NO2/c1-10-3-4-13(17-2)12(9-10)14(16)11-5-7-15-8-6-11/h3-9H,1-2H3. The first-order valence-electron chi connectivity index (χ1n) is 5.31. The summed E-state index contributed by atoms with van der Waals surface area (Å²) in [5.41, 5.74) is 2.23. The van der Waals surface area contributed by atoms with Gasteiger partial charge in [0.05, 0.1) is 12.7 Å². The molecule has 2 rings (SSSR count). The van der Waals surface area contributed by atoms with Gasteiger partial charge < -0.3 is 4.74 Å². The monoisotopic (exact) mass is 227 g/mol. The molecule has 1 heterocycles. The van der Waals surface area contributed by atoms with E-state index in [0.717, 1.165) is 5.56 Å². The van der Waals surface area contributed by atoms with Gasteiger partial charge in [0.2, 0.25) is 0 Å². The zero-order chi connectivity index (χ0) is 12.3. The lowest BCUT2D eigenvalue weighted by Gasteiger charge is -2.08. The van der Waals surface area contributed by atoms with Gasteiger partial charge in [0.15, 0.2) is 5.78 Å². The summed E-state index contributed by atoms with van der Waals surface area (Å²) in [5, 5.41) is 0. The number of ether oxygens (including phenoxy) is 1. The third-order valence-electron chi connectivity index (χ3n) is 2.54. The highest BCUT2D eigenvalue weighted by Crippen LogP contribution is 2.22. The number of aromatic nitrogens is 1. The van der Waals surface area contributed by atoms with Crippen molar-refractivity contribution in [2.24, 2.45) is 0 Å². The number of ketones is 1. The third-order valence-corrected chi connectivity index (χ3v) is 2.54. The SMILES string of the molecule is COc1ccc(C)cc1C(=O)c1ccncc1. The molecule has 0 amide bonds. The van der Waals surface area contributed by atoms with Gasteiger partial charge in [-0.25, -0.2) is 0 Å².